The topological polar surface area (TPSA) is 65.5 Å². The molecule has 7 heteroatoms. The molecular weight excluding hydrogens is 300 g/mol. The van der Waals surface area contributed by atoms with E-state index < -0.39 is 0 Å². The van der Waals surface area contributed by atoms with E-state index in [-0.39, 0.29) is 17.9 Å². The van der Waals surface area contributed by atoms with E-state index in [1.54, 1.807) is 21.7 Å². The van der Waals surface area contributed by atoms with E-state index in [0.29, 0.717) is 25.6 Å². The van der Waals surface area contributed by atoms with Crippen LogP contribution in [0.3, 0.4) is 0 Å². The number of likely N-dealkylation sites (tertiary alicyclic amines) is 1. The lowest BCUT2D eigenvalue weighted by Gasteiger charge is -2.27. The van der Waals surface area contributed by atoms with Gasteiger partial charge in [0.1, 0.15) is 0 Å². The molecule has 0 aliphatic carbocycles. The first-order valence-corrected chi connectivity index (χ1v) is 8.49. The molecule has 2 rings (SSSR count). The number of hydrogen-bond donors (Lipinski definition) is 1. The molecular formula is C15H24N4O2S. The molecule has 0 radical (unpaired) electrons. The first kappa shape index (κ1) is 16.9. The Kier molecular flexibility index (Phi) is 5.90. The Balaban J connectivity index is 1.80. The molecule has 1 fully saturated rings. The largest absolute Gasteiger partial charge is 0.355 e. The quantitative estimate of drug-likeness (QED) is 0.851. The molecule has 122 valence electrons. The van der Waals surface area contributed by atoms with Crippen LogP contribution >= 0.6 is 11.3 Å². The van der Waals surface area contributed by atoms with Gasteiger partial charge in [0.2, 0.25) is 11.8 Å². The molecule has 22 heavy (non-hydrogen) atoms. The van der Waals surface area contributed by atoms with Crippen LogP contribution in [0.25, 0.3) is 0 Å². The van der Waals surface area contributed by atoms with Gasteiger partial charge in [-0.25, -0.2) is 4.98 Å². The van der Waals surface area contributed by atoms with Gasteiger partial charge in [-0.15, -0.1) is 11.3 Å². The highest BCUT2D eigenvalue weighted by Gasteiger charge is 2.32. The summed E-state index contributed by atoms with van der Waals surface area (Å²) in [6.45, 7) is 2.75. The summed E-state index contributed by atoms with van der Waals surface area (Å²) in [4.78, 5) is 31.5. The van der Waals surface area contributed by atoms with Crippen LogP contribution in [-0.2, 0) is 16.1 Å². The number of aromatic nitrogens is 1. The average Bonchev–Trinajstić information content (AvgIpc) is 3.08. The van der Waals surface area contributed by atoms with Crippen molar-refractivity contribution in [1.29, 1.82) is 0 Å². The van der Waals surface area contributed by atoms with Gasteiger partial charge in [-0.05, 0) is 19.9 Å². The number of likely N-dealkylation sites (N-methyl/N-ethyl adjacent to an activating group) is 1. The lowest BCUT2D eigenvalue weighted by atomic mass is 10.1. The van der Waals surface area contributed by atoms with Crippen molar-refractivity contribution in [2.24, 2.45) is 0 Å². The Bertz CT molecular complexity index is 506. The van der Waals surface area contributed by atoms with Crippen molar-refractivity contribution >= 4 is 23.2 Å². The van der Waals surface area contributed by atoms with Gasteiger partial charge in [-0.1, -0.05) is 0 Å². The number of rotatable bonds is 6. The lowest BCUT2D eigenvalue weighted by Crippen LogP contribution is -2.42. The SMILES string of the molecule is CC(=O)NC[C@H]1CC[C@@H](CC(=O)N(C)Cc2cscn2)N1C. The van der Waals surface area contributed by atoms with E-state index in [2.05, 4.69) is 15.2 Å². The zero-order valence-corrected chi connectivity index (χ0v) is 14.2. The minimum atomic E-state index is -0.00378. The summed E-state index contributed by atoms with van der Waals surface area (Å²) in [5.74, 6) is 0.140. The summed E-state index contributed by atoms with van der Waals surface area (Å²) >= 11 is 1.54. The maximum absolute atomic E-state index is 12.3. The predicted octanol–water partition coefficient (Wildman–Crippen LogP) is 1.09. The Labute approximate surface area is 135 Å². The molecule has 2 amide bonds. The number of thiazole rings is 1. The molecule has 1 aliphatic rings. The van der Waals surface area contributed by atoms with Gasteiger partial charge >= 0.3 is 0 Å². The van der Waals surface area contributed by atoms with Gasteiger partial charge in [0.15, 0.2) is 0 Å². The van der Waals surface area contributed by atoms with Gasteiger partial charge < -0.3 is 10.2 Å². The van der Waals surface area contributed by atoms with Crippen LogP contribution in [-0.4, -0.2) is 59.3 Å². The Morgan fingerprint density at radius 3 is 2.82 bits per heavy atom. The van der Waals surface area contributed by atoms with Crippen molar-refractivity contribution < 1.29 is 9.59 Å². The van der Waals surface area contributed by atoms with Crippen molar-refractivity contribution in [1.82, 2.24) is 20.1 Å². The molecule has 2 atom stereocenters. The number of hydrogen-bond acceptors (Lipinski definition) is 5. The van der Waals surface area contributed by atoms with E-state index in [1.807, 2.05) is 19.5 Å². The van der Waals surface area contributed by atoms with Gasteiger partial charge in [-0.2, -0.15) is 0 Å². The third-order valence-electron chi connectivity index (χ3n) is 4.29. The fourth-order valence-electron chi connectivity index (χ4n) is 2.85. The molecule has 2 heterocycles. The number of nitrogens with one attached hydrogen (secondary N) is 1. The maximum atomic E-state index is 12.3. The molecule has 0 bridgehead atoms. The molecule has 0 unspecified atom stereocenters. The highest BCUT2D eigenvalue weighted by Crippen LogP contribution is 2.24. The number of amides is 2. The van der Waals surface area contributed by atoms with Crippen LogP contribution in [0, 0.1) is 0 Å². The van der Waals surface area contributed by atoms with Crippen LogP contribution < -0.4 is 5.32 Å². The van der Waals surface area contributed by atoms with Crippen LogP contribution in [0.15, 0.2) is 10.9 Å². The zero-order valence-electron chi connectivity index (χ0n) is 13.4. The van der Waals surface area contributed by atoms with Gasteiger partial charge in [-0.3, -0.25) is 14.5 Å². The van der Waals surface area contributed by atoms with Gasteiger partial charge in [0.25, 0.3) is 0 Å². The molecule has 1 N–H and O–H groups in total. The van der Waals surface area contributed by atoms with Gasteiger partial charge in [0.05, 0.1) is 17.7 Å². The molecule has 0 spiro atoms. The Hall–Kier alpha value is -1.47. The van der Waals surface area contributed by atoms with E-state index in [1.165, 1.54) is 6.92 Å². The van der Waals surface area contributed by atoms with Crippen LogP contribution in [0.1, 0.15) is 31.9 Å². The van der Waals surface area contributed by atoms with Gasteiger partial charge in [0, 0.05) is 44.4 Å². The second-order valence-corrected chi connectivity index (χ2v) is 6.64. The minimum Gasteiger partial charge on any atom is -0.355 e. The van der Waals surface area contributed by atoms with Crippen molar-refractivity contribution in [3.05, 3.63) is 16.6 Å². The summed E-state index contributed by atoms with van der Waals surface area (Å²) < 4.78 is 0. The van der Waals surface area contributed by atoms with Crippen molar-refractivity contribution in [3.63, 3.8) is 0 Å². The average molecular weight is 324 g/mol. The molecule has 1 aliphatic heterocycles. The first-order valence-electron chi connectivity index (χ1n) is 7.54. The number of nitrogens with zero attached hydrogens (tertiary/aromatic N) is 3. The third-order valence-corrected chi connectivity index (χ3v) is 4.93. The second kappa shape index (κ2) is 7.69. The summed E-state index contributed by atoms with van der Waals surface area (Å²) in [6.07, 6.45) is 2.54. The molecule has 1 aromatic heterocycles. The van der Waals surface area contributed by atoms with Crippen molar-refractivity contribution in [2.75, 3.05) is 20.6 Å². The lowest BCUT2D eigenvalue weighted by molar-refractivity contribution is -0.131. The van der Waals surface area contributed by atoms with E-state index in [4.69, 9.17) is 0 Å². The summed E-state index contributed by atoms with van der Waals surface area (Å²) in [6, 6.07) is 0.578. The van der Waals surface area contributed by atoms with Crippen LogP contribution in [0.5, 0.6) is 0 Å². The molecule has 6 nitrogen and oxygen atoms in total. The molecule has 1 saturated heterocycles. The normalized spacial score (nSPS) is 21.8. The van der Waals surface area contributed by atoms with Crippen molar-refractivity contribution in [2.45, 2.75) is 44.8 Å². The molecule has 0 aromatic carbocycles. The van der Waals surface area contributed by atoms with Crippen LogP contribution in [0.4, 0.5) is 0 Å². The van der Waals surface area contributed by atoms with Crippen LogP contribution in [0.2, 0.25) is 0 Å². The highest BCUT2D eigenvalue weighted by molar-refractivity contribution is 7.07. The van der Waals surface area contributed by atoms with E-state index in [9.17, 15) is 9.59 Å². The summed E-state index contributed by atoms with van der Waals surface area (Å²) in [5, 5.41) is 4.83. The Morgan fingerprint density at radius 2 is 2.18 bits per heavy atom. The minimum absolute atomic E-state index is 0.00378. The van der Waals surface area contributed by atoms with E-state index >= 15 is 0 Å². The fraction of sp³-hybridized carbons (Fsp3) is 0.667. The Morgan fingerprint density at radius 1 is 1.45 bits per heavy atom. The second-order valence-electron chi connectivity index (χ2n) is 5.92. The highest BCUT2D eigenvalue weighted by atomic mass is 32.1. The van der Waals surface area contributed by atoms with Crippen molar-refractivity contribution in [3.8, 4) is 0 Å². The maximum Gasteiger partial charge on any atom is 0.224 e. The first-order chi connectivity index (χ1) is 10.5. The number of carbonyl (C=O) groups is 2. The fourth-order valence-corrected chi connectivity index (χ4v) is 3.40. The van der Waals surface area contributed by atoms with E-state index in [0.717, 1.165) is 18.5 Å². The monoisotopic (exact) mass is 324 g/mol. The predicted molar refractivity (Wildman–Crippen MR) is 86.5 cm³/mol. The third kappa shape index (κ3) is 4.51. The summed E-state index contributed by atoms with van der Waals surface area (Å²) in [5.41, 5.74) is 2.72. The smallest absolute Gasteiger partial charge is 0.224 e. The molecule has 0 saturated carbocycles. The standard InChI is InChI=1S/C15H24N4O2S/c1-11(20)16-7-14-5-4-13(19(14)3)6-15(21)18(2)8-12-9-22-10-17-12/h9-10,13-14H,4-8H2,1-3H3,(H,16,20)/t13-,14+/m0/s1. The zero-order chi connectivity index (χ0) is 16.1. The number of carbonyl (C=O) groups excluding carboxylic acids is 2. The molecule has 1 aromatic rings. The summed E-state index contributed by atoms with van der Waals surface area (Å²) in [7, 11) is 3.86.